The summed E-state index contributed by atoms with van der Waals surface area (Å²) in [4.78, 5) is 41.5. The van der Waals surface area contributed by atoms with Gasteiger partial charge in [-0.25, -0.2) is 0 Å². The van der Waals surface area contributed by atoms with E-state index in [1.165, 1.54) is 15.9 Å². The maximum Gasteiger partial charge on any atom is 0.256 e. The Kier molecular flexibility index (Phi) is 7.23. The van der Waals surface area contributed by atoms with Crippen LogP contribution in [-0.2, 0) is 9.59 Å². The Hall–Kier alpha value is -2.57. The van der Waals surface area contributed by atoms with Gasteiger partial charge >= 0.3 is 0 Å². The lowest BCUT2D eigenvalue weighted by Crippen LogP contribution is -2.48. The molecule has 0 bridgehead atoms. The van der Waals surface area contributed by atoms with Crippen molar-refractivity contribution >= 4 is 46.6 Å². The molecule has 1 atom stereocenters. The third-order valence-electron chi connectivity index (χ3n) is 5.46. The van der Waals surface area contributed by atoms with E-state index in [9.17, 15) is 14.4 Å². The summed E-state index contributed by atoms with van der Waals surface area (Å²) < 4.78 is 0. The smallest absolute Gasteiger partial charge is 0.256 e. The van der Waals surface area contributed by atoms with Gasteiger partial charge in [-0.05, 0) is 56.0 Å². The first-order valence-corrected chi connectivity index (χ1v) is 10.8. The van der Waals surface area contributed by atoms with E-state index in [0.29, 0.717) is 24.4 Å². The zero-order valence-electron chi connectivity index (χ0n) is 17.7. The van der Waals surface area contributed by atoms with Gasteiger partial charge in [-0.3, -0.25) is 14.4 Å². The molecule has 1 N–H and O–H groups in total. The predicted molar refractivity (Wildman–Crippen MR) is 123 cm³/mol. The number of likely N-dealkylation sites (tertiary alicyclic amines) is 1. The van der Waals surface area contributed by atoms with Crippen molar-refractivity contribution in [3.63, 3.8) is 0 Å². The lowest BCUT2D eigenvalue weighted by Gasteiger charge is -2.28. The summed E-state index contributed by atoms with van der Waals surface area (Å²) in [6.45, 7) is 4.17. The molecule has 1 fully saturated rings. The number of anilines is 1. The Balaban J connectivity index is 1.68. The topological polar surface area (TPSA) is 69.7 Å². The van der Waals surface area contributed by atoms with E-state index in [4.69, 9.17) is 23.2 Å². The molecule has 2 aromatic carbocycles. The minimum absolute atomic E-state index is 0.108. The lowest BCUT2D eigenvalue weighted by atomic mass is 10.1. The van der Waals surface area contributed by atoms with E-state index in [-0.39, 0.29) is 34.9 Å². The highest BCUT2D eigenvalue weighted by Crippen LogP contribution is 2.27. The second kappa shape index (κ2) is 9.71. The van der Waals surface area contributed by atoms with Crippen molar-refractivity contribution in [1.82, 2.24) is 9.80 Å². The van der Waals surface area contributed by atoms with Crippen LogP contribution in [0.3, 0.4) is 0 Å². The van der Waals surface area contributed by atoms with E-state index in [0.717, 1.165) is 16.8 Å². The Bertz CT molecular complexity index is 1000. The number of halogens is 2. The molecule has 0 aliphatic carbocycles. The molecule has 1 heterocycles. The van der Waals surface area contributed by atoms with Gasteiger partial charge in [0.1, 0.15) is 6.04 Å². The number of hydrogen-bond donors (Lipinski definition) is 1. The van der Waals surface area contributed by atoms with Crippen LogP contribution in [0.5, 0.6) is 0 Å². The quantitative estimate of drug-likeness (QED) is 0.720. The molecule has 0 saturated carbocycles. The van der Waals surface area contributed by atoms with E-state index in [1.807, 2.05) is 32.0 Å². The maximum absolute atomic E-state index is 13.1. The van der Waals surface area contributed by atoms with E-state index < -0.39 is 6.04 Å². The molecular formula is C23H25Cl2N3O3. The van der Waals surface area contributed by atoms with Crippen molar-refractivity contribution in [3.8, 4) is 0 Å². The van der Waals surface area contributed by atoms with Crippen LogP contribution in [0.15, 0.2) is 36.4 Å². The van der Waals surface area contributed by atoms with Gasteiger partial charge in [0.15, 0.2) is 0 Å². The number of rotatable bonds is 5. The maximum atomic E-state index is 13.1. The number of carbonyl (C=O) groups excluding carboxylic acids is 3. The van der Waals surface area contributed by atoms with Crippen molar-refractivity contribution in [2.75, 3.05) is 25.5 Å². The fourth-order valence-electron chi connectivity index (χ4n) is 3.82. The molecule has 2 aromatic rings. The van der Waals surface area contributed by atoms with Gasteiger partial charge < -0.3 is 15.1 Å². The monoisotopic (exact) mass is 461 g/mol. The molecule has 1 saturated heterocycles. The molecule has 1 unspecified atom stereocenters. The number of benzene rings is 2. The number of carbonyl (C=O) groups is 3. The van der Waals surface area contributed by atoms with Crippen molar-refractivity contribution < 1.29 is 14.4 Å². The number of nitrogens with one attached hydrogen (secondary N) is 1. The van der Waals surface area contributed by atoms with Gasteiger partial charge in [-0.1, -0.05) is 41.4 Å². The van der Waals surface area contributed by atoms with Crippen molar-refractivity contribution in [2.24, 2.45) is 0 Å². The van der Waals surface area contributed by atoms with Crippen LogP contribution in [0.4, 0.5) is 5.69 Å². The highest BCUT2D eigenvalue weighted by Gasteiger charge is 2.37. The average molecular weight is 462 g/mol. The molecule has 3 rings (SSSR count). The van der Waals surface area contributed by atoms with Crippen LogP contribution in [0.1, 0.15) is 34.3 Å². The Morgan fingerprint density at radius 3 is 2.48 bits per heavy atom. The average Bonchev–Trinajstić information content (AvgIpc) is 3.21. The standard InChI is InChI=1S/C23H25Cl2N3O3/c1-14-6-4-7-15(2)21(14)26-20(29)13-27(3)23(31)19-8-5-11-28(19)22(30)17-12-16(24)9-10-18(17)25/h4,6-7,9-10,12,19H,5,8,11,13H2,1-3H3,(H,26,29). The van der Waals surface area contributed by atoms with Crippen molar-refractivity contribution in [3.05, 3.63) is 63.1 Å². The molecule has 0 radical (unpaired) electrons. The zero-order valence-corrected chi connectivity index (χ0v) is 19.3. The first kappa shape index (κ1) is 23.1. The molecule has 0 aromatic heterocycles. The fraction of sp³-hybridized carbons (Fsp3) is 0.348. The zero-order chi connectivity index (χ0) is 22.7. The lowest BCUT2D eigenvalue weighted by molar-refractivity contribution is -0.136. The van der Waals surface area contributed by atoms with Crippen LogP contribution in [-0.4, -0.2) is 53.7 Å². The summed E-state index contributed by atoms with van der Waals surface area (Å²) in [6, 6.07) is 9.80. The molecule has 1 aliphatic heterocycles. The highest BCUT2D eigenvalue weighted by atomic mass is 35.5. The van der Waals surface area contributed by atoms with Crippen LogP contribution in [0.25, 0.3) is 0 Å². The SMILES string of the molecule is Cc1cccc(C)c1NC(=O)CN(C)C(=O)C1CCCN1C(=O)c1cc(Cl)ccc1Cl. The van der Waals surface area contributed by atoms with Crippen molar-refractivity contribution in [2.45, 2.75) is 32.7 Å². The minimum Gasteiger partial charge on any atom is -0.335 e. The van der Waals surface area contributed by atoms with Gasteiger partial charge in [0.2, 0.25) is 11.8 Å². The first-order chi connectivity index (χ1) is 14.7. The van der Waals surface area contributed by atoms with E-state index in [2.05, 4.69) is 5.32 Å². The van der Waals surface area contributed by atoms with Gasteiger partial charge in [-0.2, -0.15) is 0 Å². The molecule has 6 nitrogen and oxygen atoms in total. The Labute approximate surface area is 192 Å². The molecule has 31 heavy (non-hydrogen) atoms. The molecule has 1 aliphatic rings. The normalized spacial score (nSPS) is 15.6. The van der Waals surface area contributed by atoms with E-state index in [1.54, 1.807) is 19.2 Å². The third kappa shape index (κ3) is 5.20. The largest absolute Gasteiger partial charge is 0.335 e. The predicted octanol–water partition coefficient (Wildman–Crippen LogP) is 4.31. The van der Waals surface area contributed by atoms with Gasteiger partial charge in [-0.15, -0.1) is 0 Å². The van der Waals surface area contributed by atoms with Crippen LogP contribution < -0.4 is 5.32 Å². The molecule has 8 heteroatoms. The highest BCUT2D eigenvalue weighted by molar-refractivity contribution is 6.35. The minimum atomic E-state index is -0.638. The number of amides is 3. The van der Waals surface area contributed by atoms with Crippen molar-refractivity contribution in [1.29, 1.82) is 0 Å². The second-order valence-electron chi connectivity index (χ2n) is 7.79. The third-order valence-corrected chi connectivity index (χ3v) is 6.02. The Morgan fingerprint density at radius 1 is 1.13 bits per heavy atom. The van der Waals surface area contributed by atoms with Crippen LogP contribution in [0, 0.1) is 13.8 Å². The summed E-state index contributed by atoms with van der Waals surface area (Å²) in [7, 11) is 1.57. The number of nitrogens with zero attached hydrogens (tertiary/aromatic N) is 2. The van der Waals surface area contributed by atoms with Gasteiger partial charge in [0.25, 0.3) is 5.91 Å². The van der Waals surface area contributed by atoms with Crippen LogP contribution in [0.2, 0.25) is 10.0 Å². The molecule has 0 spiro atoms. The summed E-state index contributed by atoms with van der Waals surface area (Å²) in [5.41, 5.74) is 2.92. The second-order valence-corrected chi connectivity index (χ2v) is 8.63. The number of hydrogen-bond acceptors (Lipinski definition) is 3. The summed E-state index contributed by atoms with van der Waals surface area (Å²) in [5, 5.41) is 3.57. The number of likely N-dealkylation sites (N-methyl/N-ethyl adjacent to an activating group) is 1. The van der Waals surface area contributed by atoms with Gasteiger partial charge in [0.05, 0.1) is 17.1 Å². The first-order valence-electron chi connectivity index (χ1n) is 10.1. The molecule has 3 amide bonds. The molecule has 164 valence electrons. The summed E-state index contributed by atoms with van der Waals surface area (Å²) >= 11 is 12.2. The van der Waals surface area contributed by atoms with Gasteiger partial charge in [0, 0.05) is 24.3 Å². The number of aryl methyl sites for hydroxylation is 2. The fourth-order valence-corrected chi connectivity index (χ4v) is 4.19. The van der Waals surface area contributed by atoms with Crippen LogP contribution >= 0.6 is 23.2 Å². The number of para-hydroxylation sites is 1. The summed E-state index contributed by atoms with van der Waals surface area (Å²) in [6.07, 6.45) is 1.23. The Morgan fingerprint density at radius 2 is 1.81 bits per heavy atom. The van der Waals surface area contributed by atoms with E-state index >= 15 is 0 Å². The summed E-state index contributed by atoms with van der Waals surface area (Å²) in [5.74, 6) is -0.903. The molecular weight excluding hydrogens is 437 g/mol.